The number of nitrogens with one attached hydrogen (secondary N) is 1. The third-order valence-electron chi connectivity index (χ3n) is 4.86. The lowest BCUT2D eigenvalue weighted by Gasteiger charge is -2.19. The van der Waals surface area contributed by atoms with Crippen LogP contribution in [-0.2, 0) is 25.8 Å². The average Bonchev–Trinajstić information content (AvgIpc) is 3.10. The number of nitrogens with zero attached hydrogens (tertiary/aromatic N) is 1. The summed E-state index contributed by atoms with van der Waals surface area (Å²) in [6, 6.07) is 9.74. The number of fused-ring (bicyclic) bond motifs is 1. The van der Waals surface area contributed by atoms with Gasteiger partial charge in [-0.1, -0.05) is 28.1 Å². The number of rotatable bonds is 6. The summed E-state index contributed by atoms with van der Waals surface area (Å²) in [5, 5.41) is 2.62. The normalized spacial score (nSPS) is 13.1. The van der Waals surface area contributed by atoms with Gasteiger partial charge in [-0.25, -0.2) is 8.42 Å². The predicted molar refractivity (Wildman–Crippen MR) is 118 cm³/mol. The van der Waals surface area contributed by atoms with Gasteiger partial charge in [0.25, 0.3) is 0 Å². The molecule has 3 rings (SSSR count). The number of benzene rings is 2. The van der Waals surface area contributed by atoms with E-state index in [2.05, 4.69) is 21.2 Å². The number of carbonyl (C=O) groups excluding carboxylic acids is 3. The molecule has 2 amide bonds. The molecule has 7 nitrogen and oxygen atoms in total. The first-order valence-corrected chi connectivity index (χ1v) is 11.8. The van der Waals surface area contributed by atoms with Crippen molar-refractivity contribution in [2.45, 2.75) is 31.6 Å². The van der Waals surface area contributed by atoms with Crippen molar-refractivity contribution in [3.05, 3.63) is 52.0 Å². The van der Waals surface area contributed by atoms with Crippen LogP contribution in [-0.4, -0.2) is 38.3 Å². The van der Waals surface area contributed by atoms with Gasteiger partial charge in [0.05, 0.1) is 16.3 Å². The number of sulfone groups is 1. The predicted octanol–water partition coefficient (Wildman–Crippen LogP) is 3.36. The summed E-state index contributed by atoms with van der Waals surface area (Å²) in [5.74, 6) is -1.24. The van der Waals surface area contributed by atoms with Crippen LogP contribution in [0, 0.1) is 0 Å². The Labute approximate surface area is 183 Å². The van der Waals surface area contributed by atoms with Gasteiger partial charge in [-0.15, -0.1) is 0 Å². The van der Waals surface area contributed by atoms with E-state index in [4.69, 9.17) is 0 Å². The maximum absolute atomic E-state index is 13.0. The van der Waals surface area contributed by atoms with Gasteiger partial charge in [-0.05, 0) is 43.2 Å². The number of hydrogen-bond acceptors (Lipinski definition) is 5. The summed E-state index contributed by atoms with van der Waals surface area (Å²) in [5.41, 5.74) is 2.06. The van der Waals surface area contributed by atoms with Crippen LogP contribution in [0.15, 0.2) is 45.8 Å². The maximum atomic E-state index is 13.0. The first-order valence-electron chi connectivity index (χ1n) is 9.32. The van der Waals surface area contributed by atoms with Crippen molar-refractivity contribution in [3.8, 4) is 0 Å². The largest absolute Gasteiger partial charge is 0.326 e. The third kappa shape index (κ3) is 4.79. The van der Waals surface area contributed by atoms with Gasteiger partial charge >= 0.3 is 0 Å². The minimum Gasteiger partial charge on any atom is -0.326 e. The Morgan fingerprint density at radius 3 is 2.53 bits per heavy atom. The molecule has 30 heavy (non-hydrogen) atoms. The van der Waals surface area contributed by atoms with Crippen LogP contribution in [0.2, 0.25) is 0 Å². The highest BCUT2D eigenvalue weighted by molar-refractivity contribution is 9.10. The van der Waals surface area contributed by atoms with Gasteiger partial charge in [-0.2, -0.15) is 0 Å². The first-order chi connectivity index (χ1) is 14.1. The molecule has 0 saturated carbocycles. The summed E-state index contributed by atoms with van der Waals surface area (Å²) >= 11 is 3.33. The van der Waals surface area contributed by atoms with E-state index in [9.17, 15) is 22.8 Å². The van der Waals surface area contributed by atoms with Gasteiger partial charge < -0.3 is 10.2 Å². The van der Waals surface area contributed by atoms with E-state index in [1.807, 2.05) is 6.07 Å². The molecule has 9 heteroatoms. The molecule has 0 atom stereocenters. The Balaban J connectivity index is 1.78. The van der Waals surface area contributed by atoms with Gasteiger partial charge in [-0.3, -0.25) is 14.4 Å². The molecule has 1 aliphatic rings. The van der Waals surface area contributed by atoms with Crippen LogP contribution in [0.5, 0.6) is 0 Å². The summed E-state index contributed by atoms with van der Waals surface area (Å²) in [7, 11) is -3.82. The molecular formula is C21H21BrN2O5S. The highest BCUT2D eigenvalue weighted by Crippen LogP contribution is 2.38. The van der Waals surface area contributed by atoms with Crippen molar-refractivity contribution in [3.63, 3.8) is 0 Å². The summed E-state index contributed by atoms with van der Waals surface area (Å²) in [6.07, 6.45) is 0.317. The maximum Gasteiger partial charge on any atom is 0.225 e. The molecule has 0 aliphatic carbocycles. The van der Waals surface area contributed by atoms with Crippen LogP contribution in [0.3, 0.4) is 0 Å². The van der Waals surface area contributed by atoms with Crippen molar-refractivity contribution >= 4 is 54.7 Å². The number of hydrogen-bond donors (Lipinski definition) is 1. The molecule has 2 aromatic carbocycles. The number of amides is 2. The lowest BCUT2D eigenvalue weighted by molar-refractivity contribution is -0.117. The van der Waals surface area contributed by atoms with Gasteiger partial charge in [0.2, 0.25) is 11.8 Å². The van der Waals surface area contributed by atoms with E-state index in [1.165, 1.54) is 24.8 Å². The fraction of sp³-hybridized carbons (Fsp3) is 0.286. The van der Waals surface area contributed by atoms with Gasteiger partial charge in [0, 0.05) is 35.6 Å². The van der Waals surface area contributed by atoms with Crippen LogP contribution >= 0.6 is 15.9 Å². The van der Waals surface area contributed by atoms with Crippen LogP contribution in [0.4, 0.5) is 11.4 Å². The van der Waals surface area contributed by atoms with E-state index in [0.717, 1.165) is 5.56 Å². The van der Waals surface area contributed by atoms with Crippen molar-refractivity contribution in [1.82, 2.24) is 0 Å². The molecular weight excluding hydrogens is 472 g/mol. The Hall–Kier alpha value is -2.52. The fourth-order valence-corrected chi connectivity index (χ4v) is 5.57. The smallest absolute Gasteiger partial charge is 0.225 e. The molecule has 0 unspecified atom stereocenters. The molecule has 158 valence electrons. The van der Waals surface area contributed by atoms with Crippen molar-refractivity contribution in [2.24, 2.45) is 0 Å². The van der Waals surface area contributed by atoms with E-state index < -0.39 is 21.5 Å². The molecule has 1 heterocycles. The van der Waals surface area contributed by atoms with E-state index in [-0.39, 0.29) is 23.0 Å². The Bertz CT molecular complexity index is 1140. The molecule has 2 aromatic rings. The number of carbonyl (C=O) groups is 3. The van der Waals surface area contributed by atoms with E-state index >= 15 is 0 Å². The van der Waals surface area contributed by atoms with Gasteiger partial charge in [0.15, 0.2) is 15.6 Å². The van der Waals surface area contributed by atoms with Crippen LogP contribution in [0.25, 0.3) is 0 Å². The SMILES string of the molecule is CC(=O)c1cccc(NC(=O)CCS(=O)(=O)c2cc(Br)cc3c2N(C(C)=O)CC3)c1. The topological polar surface area (TPSA) is 101 Å². The molecule has 0 radical (unpaired) electrons. The highest BCUT2D eigenvalue weighted by atomic mass is 79.9. The number of Topliss-reactive ketones (excluding diaryl/α,β-unsaturated/α-hetero) is 1. The summed E-state index contributed by atoms with van der Waals surface area (Å²) in [4.78, 5) is 37.2. The molecule has 1 N–H and O–H groups in total. The summed E-state index contributed by atoms with van der Waals surface area (Å²) < 4.78 is 26.7. The number of halogens is 1. The monoisotopic (exact) mass is 492 g/mol. The van der Waals surface area contributed by atoms with Crippen molar-refractivity contribution < 1.29 is 22.8 Å². The lowest BCUT2D eigenvalue weighted by atomic mass is 10.1. The van der Waals surface area contributed by atoms with Crippen molar-refractivity contribution in [1.29, 1.82) is 0 Å². The first kappa shape index (κ1) is 22.2. The fourth-order valence-electron chi connectivity index (χ4n) is 3.40. The molecule has 0 bridgehead atoms. The Kier molecular flexibility index (Phi) is 6.42. The average molecular weight is 493 g/mol. The second-order valence-corrected chi connectivity index (χ2v) is 10.1. The second kappa shape index (κ2) is 8.69. The molecule has 0 spiro atoms. The van der Waals surface area contributed by atoms with E-state index in [0.29, 0.717) is 34.4 Å². The zero-order valence-corrected chi connectivity index (χ0v) is 19.0. The van der Waals surface area contributed by atoms with E-state index in [1.54, 1.807) is 24.3 Å². The standard InChI is InChI=1S/C21H21BrN2O5S/c1-13(25)15-4-3-5-18(11-15)23-20(27)7-9-30(28,29)19-12-17(22)10-16-6-8-24(14(2)26)21(16)19/h3-5,10-12H,6-9H2,1-2H3,(H,23,27). The lowest BCUT2D eigenvalue weighted by Crippen LogP contribution is -2.27. The van der Waals surface area contributed by atoms with Crippen LogP contribution < -0.4 is 10.2 Å². The Morgan fingerprint density at radius 1 is 1.13 bits per heavy atom. The summed E-state index contributed by atoms with van der Waals surface area (Å²) in [6.45, 7) is 3.25. The minimum absolute atomic E-state index is 0.0472. The number of anilines is 2. The molecule has 0 fully saturated rings. The second-order valence-electron chi connectivity index (χ2n) is 7.09. The quantitative estimate of drug-likeness (QED) is 0.622. The highest BCUT2D eigenvalue weighted by Gasteiger charge is 2.31. The number of ketones is 1. The van der Waals surface area contributed by atoms with Crippen LogP contribution in [0.1, 0.15) is 36.2 Å². The Morgan fingerprint density at radius 2 is 1.87 bits per heavy atom. The zero-order valence-electron chi connectivity index (χ0n) is 16.6. The third-order valence-corrected chi connectivity index (χ3v) is 7.04. The van der Waals surface area contributed by atoms with Gasteiger partial charge in [0.1, 0.15) is 0 Å². The molecule has 1 aliphatic heterocycles. The van der Waals surface area contributed by atoms with Crippen molar-refractivity contribution in [2.75, 3.05) is 22.5 Å². The molecule has 0 saturated heterocycles. The zero-order chi connectivity index (χ0) is 22.1. The minimum atomic E-state index is -3.82. The molecule has 0 aromatic heterocycles.